The number of allylic oxidation sites excluding steroid dienone is 6. The average Bonchev–Trinajstić information content (AvgIpc) is 2.56. The minimum absolute atomic E-state index is 0.322. The molecule has 0 amide bonds. The second-order valence-electron chi connectivity index (χ2n) is 4.13. The maximum Gasteiger partial charge on any atom is 0.393 e. The topological polar surface area (TPSA) is 0 Å². The van der Waals surface area contributed by atoms with Crippen LogP contribution in [0, 0.1) is 0 Å². The zero-order valence-electron chi connectivity index (χ0n) is 9.74. The van der Waals surface area contributed by atoms with Crippen molar-refractivity contribution in [1.29, 1.82) is 0 Å². The van der Waals surface area contributed by atoms with Gasteiger partial charge in [-0.15, -0.1) is 0 Å². The normalized spacial score (nSPS) is 15.4. The van der Waals surface area contributed by atoms with Crippen molar-refractivity contribution in [2.75, 3.05) is 0 Å². The SMILES string of the molecule is FC(F)(F)Cc1ccccc1C1=CCC=CC=C1. The van der Waals surface area contributed by atoms with E-state index in [1.165, 1.54) is 6.07 Å². The van der Waals surface area contributed by atoms with Crippen molar-refractivity contribution in [2.24, 2.45) is 0 Å². The number of halogens is 3. The van der Waals surface area contributed by atoms with Gasteiger partial charge in [0.1, 0.15) is 0 Å². The number of hydrogen-bond acceptors (Lipinski definition) is 0. The molecule has 3 heteroatoms. The van der Waals surface area contributed by atoms with Gasteiger partial charge in [0.05, 0.1) is 6.42 Å². The summed E-state index contributed by atoms with van der Waals surface area (Å²) in [5, 5.41) is 0. The smallest absolute Gasteiger partial charge is 0.171 e. The van der Waals surface area contributed by atoms with Crippen LogP contribution in [-0.4, -0.2) is 6.18 Å². The van der Waals surface area contributed by atoms with Crippen LogP contribution in [0.1, 0.15) is 17.5 Å². The summed E-state index contributed by atoms with van der Waals surface area (Å²) in [5.41, 5.74) is 1.83. The Morgan fingerprint density at radius 1 is 1.06 bits per heavy atom. The molecular formula is C15H13F3. The Bertz CT molecular complexity index is 505. The molecule has 94 valence electrons. The van der Waals surface area contributed by atoms with Crippen molar-refractivity contribution in [3.05, 3.63) is 65.8 Å². The summed E-state index contributed by atoms with van der Waals surface area (Å²) < 4.78 is 37.6. The van der Waals surface area contributed by atoms with Crippen molar-refractivity contribution < 1.29 is 13.2 Å². The molecule has 0 radical (unpaired) electrons. The molecule has 0 saturated heterocycles. The Morgan fingerprint density at radius 3 is 2.61 bits per heavy atom. The lowest BCUT2D eigenvalue weighted by atomic mass is 9.96. The third-order valence-electron chi connectivity index (χ3n) is 2.72. The summed E-state index contributed by atoms with van der Waals surface area (Å²) in [4.78, 5) is 0. The van der Waals surface area contributed by atoms with E-state index in [1.54, 1.807) is 18.2 Å². The fourth-order valence-electron chi connectivity index (χ4n) is 1.95. The monoisotopic (exact) mass is 250 g/mol. The summed E-state index contributed by atoms with van der Waals surface area (Å²) >= 11 is 0. The van der Waals surface area contributed by atoms with Crippen molar-refractivity contribution in [3.63, 3.8) is 0 Å². The standard InChI is InChI=1S/C15H13F3/c16-15(17,18)11-13-9-5-6-10-14(13)12-7-3-1-2-4-8-12/h1-3,5-10H,4,11H2. The molecule has 1 aromatic carbocycles. The van der Waals surface area contributed by atoms with Crippen molar-refractivity contribution >= 4 is 5.57 Å². The predicted octanol–water partition coefficient (Wildman–Crippen LogP) is 4.69. The molecule has 18 heavy (non-hydrogen) atoms. The lowest BCUT2D eigenvalue weighted by Crippen LogP contribution is -2.12. The first-order valence-corrected chi connectivity index (χ1v) is 5.75. The minimum atomic E-state index is -4.18. The lowest BCUT2D eigenvalue weighted by molar-refractivity contribution is -0.127. The molecule has 0 aliphatic heterocycles. The van der Waals surface area contributed by atoms with Gasteiger partial charge in [-0.1, -0.05) is 54.6 Å². The van der Waals surface area contributed by atoms with Gasteiger partial charge in [0.2, 0.25) is 0 Å². The highest BCUT2D eigenvalue weighted by Gasteiger charge is 2.28. The van der Waals surface area contributed by atoms with Crippen LogP contribution in [0.4, 0.5) is 13.2 Å². The molecule has 0 N–H and O–H groups in total. The zero-order chi connectivity index (χ0) is 13.0. The van der Waals surface area contributed by atoms with Crippen molar-refractivity contribution in [2.45, 2.75) is 19.0 Å². The quantitative estimate of drug-likeness (QED) is 0.714. The molecule has 0 unspecified atom stereocenters. The van der Waals surface area contributed by atoms with E-state index in [9.17, 15) is 13.2 Å². The van der Waals surface area contributed by atoms with Gasteiger partial charge in [-0.3, -0.25) is 0 Å². The molecule has 0 aromatic heterocycles. The zero-order valence-corrected chi connectivity index (χ0v) is 9.74. The van der Waals surface area contributed by atoms with Gasteiger partial charge in [-0.2, -0.15) is 13.2 Å². The van der Waals surface area contributed by atoms with E-state index in [2.05, 4.69) is 0 Å². The van der Waals surface area contributed by atoms with Gasteiger partial charge in [-0.25, -0.2) is 0 Å². The van der Waals surface area contributed by atoms with Crippen LogP contribution in [0.25, 0.3) is 5.57 Å². The van der Waals surface area contributed by atoms with Gasteiger partial charge in [0, 0.05) is 0 Å². The summed E-state index contributed by atoms with van der Waals surface area (Å²) in [6.07, 6.45) is 5.18. The predicted molar refractivity (Wildman–Crippen MR) is 67.1 cm³/mol. The number of hydrogen-bond donors (Lipinski definition) is 0. The first-order chi connectivity index (χ1) is 8.56. The Kier molecular flexibility index (Phi) is 3.70. The highest BCUT2D eigenvalue weighted by Crippen LogP contribution is 2.28. The minimum Gasteiger partial charge on any atom is -0.171 e. The Morgan fingerprint density at radius 2 is 1.83 bits per heavy atom. The molecule has 0 atom stereocenters. The molecule has 0 bridgehead atoms. The largest absolute Gasteiger partial charge is 0.393 e. The summed E-state index contributed by atoms with van der Waals surface area (Å²) in [5.74, 6) is 0. The fraction of sp³-hybridized carbons (Fsp3) is 0.200. The van der Waals surface area contributed by atoms with Crippen LogP contribution in [0.5, 0.6) is 0 Å². The van der Waals surface area contributed by atoms with Crippen LogP contribution in [0.2, 0.25) is 0 Å². The Balaban J connectivity index is 2.36. The first-order valence-electron chi connectivity index (χ1n) is 5.75. The maximum atomic E-state index is 12.5. The van der Waals surface area contributed by atoms with Gasteiger partial charge < -0.3 is 0 Å². The molecular weight excluding hydrogens is 237 g/mol. The molecule has 0 spiro atoms. The summed E-state index contributed by atoms with van der Waals surface area (Å²) in [7, 11) is 0. The van der Waals surface area contributed by atoms with E-state index >= 15 is 0 Å². The second-order valence-corrected chi connectivity index (χ2v) is 4.13. The van der Waals surface area contributed by atoms with Crippen molar-refractivity contribution in [3.8, 4) is 0 Å². The van der Waals surface area contributed by atoms with E-state index < -0.39 is 12.6 Å². The van der Waals surface area contributed by atoms with Crippen LogP contribution < -0.4 is 0 Å². The van der Waals surface area contributed by atoms with Crippen LogP contribution in [0.3, 0.4) is 0 Å². The molecule has 1 aliphatic carbocycles. The van der Waals surface area contributed by atoms with E-state index in [1.807, 2.05) is 30.4 Å². The molecule has 0 fully saturated rings. The van der Waals surface area contributed by atoms with Gasteiger partial charge in [0.25, 0.3) is 0 Å². The van der Waals surface area contributed by atoms with E-state index in [4.69, 9.17) is 0 Å². The van der Waals surface area contributed by atoms with Gasteiger partial charge in [0.15, 0.2) is 0 Å². The molecule has 0 heterocycles. The lowest BCUT2D eigenvalue weighted by Gasteiger charge is -2.12. The molecule has 2 rings (SSSR count). The highest BCUT2D eigenvalue weighted by atomic mass is 19.4. The molecule has 1 aliphatic rings. The molecule has 0 nitrogen and oxygen atoms in total. The first kappa shape index (κ1) is 12.7. The van der Waals surface area contributed by atoms with Gasteiger partial charge in [-0.05, 0) is 23.1 Å². The Hall–Kier alpha value is -1.77. The van der Waals surface area contributed by atoms with E-state index in [0.717, 1.165) is 12.0 Å². The van der Waals surface area contributed by atoms with Crippen molar-refractivity contribution in [1.82, 2.24) is 0 Å². The number of alkyl halides is 3. The van der Waals surface area contributed by atoms with Crippen LogP contribution >= 0.6 is 0 Å². The number of rotatable bonds is 2. The van der Waals surface area contributed by atoms with Crippen LogP contribution in [0.15, 0.2) is 54.6 Å². The summed E-state index contributed by atoms with van der Waals surface area (Å²) in [6, 6.07) is 6.68. The van der Waals surface area contributed by atoms with Gasteiger partial charge >= 0.3 is 6.18 Å². The van der Waals surface area contributed by atoms with E-state index in [0.29, 0.717) is 11.1 Å². The highest BCUT2D eigenvalue weighted by molar-refractivity contribution is 5.76. The van der Waals surface area contributed by atoms with E-state index in [-0.39, 0.29) is 0 Å². The third kappa shape index (κ3) is 3.36. The maximum absolute atomic E-state index is 12.5. The van der Waals surface area contributed by atoms with Crippen LogP contribution in [-0.2, 0) is 6.42 Å². The average molecular weight is 250 g/mol. The summed E-state index contributed by atoms with van der Waals surface area (Å²) in [6.45, 7) is 0. The third-order valence-corrected chi connectivity index (χ3v) is 2.72. The second kappa shape index (κ2) is 5.25. The Labute approximate surface area is 104 Å². The number of benzene rings is 1. The molecule has 0 saturated carbocycles. The fourth-order valence-corrected chi connectivity index (χ4v) is 1.95. The molecule has 1 aromatic rings.